The Hall–Kier alpha value is -3.19. The van der Waals surface area contributed by atoms with Crippen LogP contribution >= 0.6 is 0 Å². The number of rotatable bonds is 3. The van der Waals surface area contributed by atoms with Crippen LogP contribution in [0.1, 0.15) is 23.6 Å². The van der Waals surface area contributed by atoms with Gasteiger partial charge in [-0.1, -0.05) is 67.3 Å². The van der Waals surface area contributed by atoms with Crippen molar-refractivity contribution in [1.29, 1.82) is 0 Å². The maximum absolute atomic E-state index is 3.99. The minimum atomic E-state index is 1.17. The Balaban J connectivity index is 2.17. The van der Waals surface area contributed by atoms with Crippen LogP contribution in [0.5, 0.6) is 0 Å². The highest BCUT2D eigenvalue weighted by Gasteiger charge is 2.20. The third-order valence-electron chi connectivity index (χ3n) is 5.39. The van der Waals surface area contributed by atoms with Crippen LogP contribution in [0.25, 0.3) is 45.0 Å². The molecule has 0 radical (unpaired) electrons. The highest BCUT2D eigenvalue weighted by molar-refractivity contribution is 6.12. The lowest BCUT2D eigenvalue weighted by Crippen LogP contribution is -2.30. The van der Waals surface area contributed by atoms with E-state index in [0.29, 0.717) is 0 Å². The standard InChI is InChI=1S/C26H24N/c1-5-9-22-18(3)23(15-14-19(22)6-2)26-25-21(16-17-27(26)4)13-12-20-10-7-8-11-24(20)25/h5-17H,2H2,1,3-4H3/q+1/b9-5-. The van der Waals surface area contributed by atoms with Crippen LogP contribution in [0.3, 0.4) is 0 Å². The zero-order valence-corrected chi connectivity index (χ0v) is 16.2. The minimum absolute atomic E-state index is 1.17. The van der Waals surface area contributed by atoms with Crippen LogP contribution in [0.15, 0.2) is 73.4 Å². The molecule has 27 heavy (non-hydrogen) atoms. The van der Waals surface area contributed by atoms with Gasteiger partial charge in [0.05, 0.1) is 10.9 Å². The maximum atomic E-state index is 3.99. The molecule has 4 aromatic rings. The third kappa shape index (κ3) is 2.76. The monoisotopic (exact) mass is 350 g/mol. The van der Waals surface area contributed by atoms with Crippen molar-refractivity contribution in [2.75, 3.05) is 0 Å². The van der Waals surface area contributed by atoms with Crippen LogP contribution in [-0.4, -0.2) is 0 Å². The SMILES string of the molecule is C=Cc1ccc(-c2c3c(ccc4ccccc43)cc[n+]2C)c(C)c1/C=C\C. The van der Waals surface area contributed by atoms with Gasteiger partial charge in [-0.25, -0.2) is 4.57 Å². The number of hydrogen-bond donors (Lipinski definition) is 0. The average Bonchev–Trinajstić information content (AvgIpc) is 2.70. The topological polar surface area (TPSA) is 3.88 Å². The molecule has 0 aliphatic carbocycles. The van der Waals surface area contributed by atoms with Gasteiger partial charge in [0.25, 0.3) is 0 Å². The fraction of sp³-hybridized carbons (Fsp3) is 0.115. The number of nitrogens with zero attached hydrogens (tertiary/aromatic N) is 1. The molecule has 1 heterocycles. The molecule has 132 valence electrons. The van der Waals surface area contributed by atoms with E-state index in [9.17, 15) is 0 Å². The molecule has 0 spiro atoms. The van der Waals surface area contributed by atoms with Crippen molar-refractivity contribution in [3.05, 3.63) is 90.1 Å². The number of benzene rings is 3. The molecule has 0 saturated carbocycles. The molecule has 0 aliphatic rings. The predicted octanol–water partition coefficient (Wildman–Crippen LogP) is 6.47. The van der Waals surface area contributed by atoms with Gasteiger partial charge >= 0.3 is 0 Å². The molecule has 0 fully saturated rings. The van der Waals surface area contributed by atoms with E-state index in [1.54, 1.807) is 0 Å². The van der Waals surface area contributed by atoms with Gasteiger partial charge in [0.15, 0.2) is 6.20 Å². The van der Waals surface area contributed by atoms with E-state index in [4.69, 9.17) is 0 Å². The Labute approximate surface area is 160 Å². The molecular formula is C26H24N+. The van der Waals surface area contributed by atoms with Gasteiger partial charge in [-0.05, 0) is 52.8 Å². The zero-order valence-electron chi connectivity index (χ0n) is 16.2. The second kappa shape index (κ2) is 6.85. The Morgan fingerprint density at radius 1 is 0.926 bits per heavy atom. The fourth-order valence-corrected chi connectivity index (χ4v) is 4.03. The van der Waals surface area contributed by atoms with Gasteiger partial charge in [0.2, 0.25) is 5.69 Å². The first-order valence-electron chi connectivity index (χ1n) is 9.35. The summed E-state index contributed by atoms with van der Waals surface area (Å²) in [5.74, 6) is 0. The molecule has 0 unspecified atom stereocenters. The summed E-state index contributed by atoms with van der Waals surface area (Å²) in [7, 11) is 2.13. The van der Waals surface area contributed by atoms with Gasteiger partial charge in [0, 0.05) is 6.07 Å². The van der Waals surface area contributed by atoms with E-state index in [1.165, 1.54) is 49.5 Å². The van der Waals surface area contributed by atoms with Crippen molar-refractivity contribution >= 4 is 33.7 Å². The lowest BCUT2D eigenvalue weighted by Gasteiger charge is -2.14. The van der Waals surface area contributed by atoms with Gasteiger partial charge < -0.3 is 0 Å². The van der Waals surface area contributed by atoms with E-state index in [2.05, 4.69) is 105 Å². The van der Waals surface area contributed by atoms with Crippen LogP contribution in [-0.2, 0) is 7.05 Å². The van der Waals surface area contributed by atoms with Gasteiger partial charge in [-0.2, -0.15) is 0 Å². The number of fused-ring (bicyclic) bond motifs is 3. The quantitative estimate of drug-likeness (QED) is 0.294. The summed E-state index contributed by atoms with van der Waals surface area (Å²) in [6.45, 7) is 8.26. The minimum Gasteiger partial charge on any atom is -0.200 e. The largest absolute Gasteiger partial charge is 0.221 e. The van der Waals surface area contributed by atoms with Gasteiger partial charge in [-0.15, -0.1) is 0 Å². The molecule has 1 aromatic heterocycles. The molecule has 4 rings (SSSR count). The summed E-state index contributed by atoms with van der Waals surface area (Å²) in [5, 5.41) is 5.13. The average molecular weight is 350 g/mol. The number of aryl methyl sites for hydroxylation is 1. The Morgan fingerprint density at radius 3 is 2.48 bits per heavy atom. The van der Waals surface area contributed by atoms with Gasteiger partial charge in [-0.3, -0.25) is 0 Å². The number of allylic oxidation sites excluding steroid dienone is 1. The van der Waals surface area contributed by atoms with Crippen molar-refractivity contribution in [2.24, 2.45) is 7.05 Å². The molecule has 0 bridgehead atoms. The third-order valence-corrected chi connectivity index (χ3v) is 5.39. The number of aromatic nitrogens is 1. The first-order chi connectivity index (χ1) is 13.2. The summed E-state index contributed by atoms with van der Waals surface area (Å²) >= 11 is 0. The molecule has 3 aromatic carbocycles. The molecule has 1 heteroatoms. The van der Waals surface area contributed by atoms with Crippen molar-refractivity contribution < 1.29 is 4.57 Å². The summed E-state index contributed by atoms with van der Waals surface area (Å²) < 4.78 is 2.24. The van der Waals surface area contributed by atoms with Crippen molar-refractivity contribution in [1.82, 2.24) is 0 Å². The van der Waals surface area contributed by atoms with Crippen LogP contribution in [0.2, 0.25) is 0 Å². The summed E-state index contributed by atoms with van der Waals surface area (Å²) in [6.07, 6.45) is 8.37. The molecular weight excluding hydrogens is 326 g/mol. The molecule has 1 nitrogen and oxygen atoms in total. The fourth-order valence-electron chi connectivity index (χ4n) is 4.03. The van der Waals surface area contributed by atoms with E-state index in [0.717, 1.165) is 0 Å². The summed E-state index contributed by atoms with van der Waals surface area (Å²) in [5.41, 5.74) is 6.20. The summed E-state index contributed by atoms with van der Waals surface area (Å²) in [4.78, 5) is 0. The zero-order chi connectivity index (χ0) is 19.0. The van der Waals surface area contributed by atoms with Crippen molar-refractivity contribution in [3.63, 3.8) is 0 Å². The van der Waals surface area contributed by atoms with Crippen molar-refractivity contribution in [2.45, 2.75) is 13.8 Å². The Kier molecular flexibility index (Phi) is 4.37. The van der Waals surface area contributed by atoms with E-state index in [-0.39, 0.29) is 0 Å². The Bertz CT molecular complexity index is 1210. The normalized spacial score (nSPS) is 11.5. The van der Waals surface area contributed by atoms with E-state index >= 15 is 0 Å². The van der Waals surface area contributed by atoms with Crippen LogP contribution in [0, 0.1) is 6.92 Å². The van der Waals surface area contributed by atoms with Crippen LogP contribution < -0.4 is 4.57 Å². The molecule has 0 aliphatic heterocycles. The highest BCUT2D eigenvalue weighted by Crippen LogP contribution is 2.35. The number of hydrogen-bond acceptors (Lipinski definition) is 0. The second-order valence-electron chi connectivity index (χ2n) is 6.97. The van der Waals surface area contributed by atoms with E-state index in [1.807, 2.05) is 6.08 Å². The predicted molar refractivity (Wildman–Crippen MR) is 118 cm³/mol. The molecule has 0 saturated heterocycles. The summed E-state index contributed by atoms with van der Waals surface area (Å²) in [6, 6.07) is 19.7. The molecule has 0 amide bonds. The highest BCUT2D eigenvalue weighted by atomic mass is 14.9. The van der Waals surface area contributed by atoms with Crippen LogP contribution in [0.4, 0.5) is 0 Å². The van der Waals surface area contributed by atoms with E-state index < -0.39 is 0 Å². The lowest BCUT2D eigenvalue weighted by molar-refractivity contribution is -0.659. The first kappa shape index (κ1) is 17.2. The van der Waals surface area contributed by atoms with Crippen molar-refractivity contribution in [3.8, 4) is 11.3 Å². The smallest absolute Gasteiger partial charge is 0.200 e. The Morgan fingerprint density at radius 2 is 1.70 bits per heavy atom. The molecule has 0 atom stereocenters. The number of pyridine rings is 1. The second-order valence-corrected chi connectivity index (χ2v) is 6.97. The first-order valence-corrected chi connectivity index (χ1v) is 9.35. The lowest BCUT2D eigenvalue weighted by atomic mass is 9.91. The molecule has 0 N–H and O–H groups in total. The maximum Gasteiger partial charge on any atom is 0.221 e. The van der Waals surface area contributed by atoms with Gasteiger partial charge in [0.1, 0.15) is 7.05 Å².